The molecule has 1 saturated heterocycles. The van der Waals surface area contributed by atoms with E-state index in [4.69, 9.17) is 10.2 Å². The molecule has 5 nitrogen and oxygen atoms in total. The number of hydrogen-bond acceptors (Lipinski definition) is 4. The number of piperidine rings is 1. The van der Waals surface area contributed by atoms with Gasteiger partial charge in [-0.05, 0) is 25.8 Å². The topological polar surface area (TPSA) is 71.5 Å². The largest absolute Gasteiger partial charge is 0.459 e. The molecule has 1 aromatic heterocycles. The lowest BCUT2D eigenvalue weighted by atomic mass is 10.0. The van der Waals surface area contributed by atoms with Crippen LogP contribution in [-0.2, 0) is 0 Å². The van der Waals surface area contributed by atoms with E-state index in [2.05, 4.69) is 10.2 Å². The fourth-order valence-corrected chi connectivity index (χ4v) is 2.34. The van der Waals surface area contributed by atoms with Crippen molar-refractivity contribution in [3.8, 4) is 0 Å². The third-order valence-corrected chi connectivity index (χ3v) is 3.44. The number of amides is 1. The second-order valence-electron chi connectivity index (χ2n) is 4.81. The number of nitrogens with one attached hydrogen (secondary N) is 1. The van der Waals surface area contributed by atoms with E-state index in [1.807, 2.05) is 6.92 Å². The fourth-order valence-electron chi connectivity index (χ4n) is 2.34. The van der Waals surface area contributed by atoms with E-state index in [0.29, 0.717) is 12.3 Å². The fraction of sp³-hybridized carbons (Fsp3) is 0.615. The lowest BCUT2D eigenvalue weighted by Crippen LogP contribution is -2.45. The van der Waals surface area contributed by atoms with Crippen molar-refractivity contribution in [1.82, 2.24) is 10.2 Å². The van der Waals surface area contributed by atoms with Gasteiger partial charge in [0.15, 0.2) is 5.76 Å². The van der Waals surface area contributed by atoms with Crippen LogP contribution in [0.3, 0.4) is 0 Å². The molecule has 100 valence electrons. The summed E-state index contributed by atoms with van der Waals surface area (Å²) in [6, 6.07) is 2.05. The van der Waals surface area contributed by atoms with Crippen LogP contribution in [0.1, 0.15) is 29.0 Å². The van der Waals surface area contributed by atoms with Gasteiger partial charge in [0.2, 0.25) is 0 Å². The highest BCUT2D eigenvalue weighted by Crippen LogP contribution is 2.13. The van der Waals surface area contributed by atoms with Crippen LogP contribution in [0.25, 0.3) is 0 Å². The Morgan fingerprint density at radius 1 is 1.56 bits per heavy atom. The van der Waals surface area contributed by atoms with Gasteiger partial charge in [0, 0.05) is 37.8 Å². The van der Waals surface area contributed by atoms with Gasteiger partial charge in [-0.15, -0.1) is 0 Å². The van der Waals surface area contributed by atoms with Gasteiger partial charge in [-0.2, -0.15) is 0 Å². The Labute approximate surface area is 107 Å². The summed E-state index contributed by atoms with van der Waals surface area (Å²) in [5, 5.41) is 3.03. The number of nitrogens with zero attached hydrogens (tertiary/aromatic N) is 1. The average molecular weight is 251 g/mol. The van der Waals surface area contributed by atoms with Gasteiger partial charge in [-0.25, -0.2) is 0 Å². The quantitative estimate of drug-likeness (QED) is 0.828. The second-order valence-corrected chi connectivity index (χ2v) is 4.81. The van der Waals surface area contributed by atoms with E-state index in [1.165, 1.54) is 0 Å². The van der Waals surface area contributed by atoms with Crippen LogP contribution in [-0.4, -0.2) is 43.0 Å². The maximum Gasteiger partial charge on any atom is 0.287 e. The van der Waals surface area contributed by atoms with E-state index < -0.39 is 0 Å². The molecular formula is C13H21N3O2. The van der Waals surface area contributed by atoms with Crippen LogP contribution < -0.4 is 11.1 Å². The van der Waals surface area contributed by atoms with Crippen LogP contribution in [0.2, 0.25) is 0 Å². The number of rotatable bonds is 4. The SMILES string of the molecule is Cc1ccoc1C(=O)NC1CCN(CCN)CC1. The van der Waals surface area contributed by atoms with Crippen LogP contribution in [0.15, 0.2) is 16.7 Å². The van der Waals surface area contributed by atoms with Crippen LogP contribution in [0, 0.1) is 6.92 Å². The minimum atomic E-state index is -0.102. The molecule has 0 aromatic carbocycles. The summed E-state index contributed by atoms with van der Waals surface area (Å²) in [6.45, 7) is 5.52. The monoisotopic (exact) mass is 251 g/mol. The first kappa shape index (κ1) is 13.1. The zero-order valence-corrected chi connectivity index (χ0v) is 10.8. The molecule has 0 aliphatic carbocycles. The van der Waals surface area contributed by atoms with Crippen LogP contribution in [0.5, 0.6) is 0 Å². The average Bonchev–Trinajstić information content (AvgIpc) is 2.78. The summed E-state index contributed by atoms with van der Waals surface area (Å²) in [5.41, 5.74) is 6.41. The Balaban J connectivity index is 1.81. The summed E-state index contributed by atoms with van der Waals surface area (Å²) < 4.78 is 5.19. The molecule has 1 amide bonds. The van der Waals surface area contributed by atoms with Gasteiger partial charge in [-0.3, -0.25) is 4.79 Å². The highest BCUT2D eigenvalue weighted by molar-refractivity contribution is 5.92. The van der Waals surface area contributed by atoms with E-state index in [-0.39, 0.29) is 11.9 Å². The van der Waals surface area contributed by atoms with Gasteiger partial charge in [0.25, 0.3) is 5.91 Å². The molecule has 0 saturated carbocycles. The van der Waals surface area contributed by atoms with Gasteiger partial charge in [0.1, 0.15) is 0 Å². The summed E-state index contributed by atoms with van der Waals surface area (Å²) in [7, 11) is 0. The van der Waals surface area contributed by atoms with Gasteiger partial charge >= 0.3 is 0 Å². The van der Waals surface area contributed by atoms with Crippen LogP contribution in [0.4, 0.5) is 0 Å². The first-order valence-corrected chi connectivity index (χ1v) is 6.48. The third-order valence-electron chi connectivity index (χ3n) is 3.44. The lowest BCUT2D eigenvalue weighted by molar-refractivity contribution is 0.0883. The van der Waals surface area contributed by atoms with Crippen molar-refractivity contribution in [3.63, 3.8) is 0 Å². The first-order valence-electron chi connectivity index (χ1n) is 6.48. The molecule has 1 aliphatic rings. The summed E-state index contributed by atoms with van der Waals surface area (Å²) in [6.07, 6.45) is 3.51. The predicted octanol–water partition coefficient (Wildman–Crippen LogP) is 0.741. The molecule has 1 aliphatic heterocycles. The van der Waals surface area contributed by atoms with Crippen molar-refractivity contribution in [3.05, 3.63) is 23.7 Å². The summed E-state index contributed by atoms with van der Waals surface area (Å²) in [4.78, 5) is 14.3. The number of carbonyl (C=O) groups excluding carboxylic acids is 1. The molecule has 0 radical (unpaired) electrons. The molecule has 0 atom stereocenters. The minimum Gasteiger partial charge on any atom is -0.459 e. The maximum atomic E-state index is 12.0. The third kappa shape index (κ3) is 3.11. The first-order chi connectivity index (χ1) is 8.70. The molecule has 1 aromatic rings. The Kier molecular flexibility index (Phi) is 4.38. The van der Waals surface area contributed by atoms with E-state index >= 15 is 0 Å². The molecule has 18 heavy (non-hydrogen) atoms. The predicted molar refractivity (Wildman–Crippen MR) is 69.4 cm³/mol. The Morgan fingerprint density at radius 3 is 2.83 bits per heavy atom. The highest BCUT2D eigenvalue weighted by atomic mass is 16.3. The van der Waals surface area contributed by atoms with Gasteiger partial charge in [0.05, 0.1) is 6.26 Å². The molecule has 5 heteroatoms. The van der Waals surface area contributed by atoms with Crippen molar-refractivity contribution in [1.29, 1.82) is 0 Å². The van der Waals surface area contributed by atoms with Crippen molar-refractivity contribution < 1.29 is 9.21 Å². The van der Waals surface area contributed by atoms with Crippen molar-refractivity contribution in [2.24, 2.45) is 5.73 Å². The van der Waals surface area contributed by atoms with E-state index in [0.717, 1.165) is 38.0 Å². The van der Waals surface area contributed by atoms with E-state index in [9.17, 15) is 4.79 Å². The van der Waals surface area contributed by atoms with Crippen molar-refractivity contribution >= 4 is 5.91 Å². The van der Waals surface area contributed by atoms with Gasteiger partial charge in [-0.1, -0.05) is 0 Å². The minimum absolute atomic E-state index is 0.102. The van der Waals surface area contributed by atoms with Gasteiger partial charge < -0.3 is 20.4 Å². The number of carbonyl (C=O) groups is 1. The molecule has 0 unspecified atom stereocenters. The Hall–Kier alpha value is -1.33. The molecular weight excluding hydrogens is 230 g/mol. The molecule has 0 bridgehead atoms. The highest BCUT2D eigenvalue weighted by Gasteiger charge is 2.22. The summed E-state index contributed by atoms with van der Waals surface area (Å²) >= 11 is 0. The molecule has 2 heterocycles. The number of furan rings is 1. The number of aryl methyl sites for hydroxylation is 1. The van der Waals surface area contributed by atoms with Crippen molar-refractivity contribution in [2.75, 3.05) is 26.2 Å². The normalized spacial score (nSPS) is 17.9. The zero-order chi connectivity index (χ0) is 13.0. The maximum absolute atomic E-state index is 12.0. The number of likely N-dealkylation sites (tertiary alicyclic amines) is 1. The summed E-state index contributed by atoms with van der Waals surface area (Å²) in [5.74, 6) is 0.328. The van der Waals surface area contributed by atoms with Crippen molar-refractivity contribution in [2.45, 2.75) is 25.8 Å². The molecule has 0 spiro atoms. The molecule has 3 N–H and O–H groups in total. The number of hydrogen-bond donors (Lipinski definition) is 2. The Bertz CT molecular complexity index is 395. The molecule has 2 rings (SSSR count). The van der Waals surface area contributed by atoms with E-state index in [1.54, 1.807) is 12.3 Å². The van der Waals surface area contributed by atoms with Crippen LogP contribution >= 0.6 is 0 Å². The zero-order valence-electron chi connectivity index (χ0n) is 10.8. The second kappa shape index (κ2) is 6.02. The number of nitrogens with two attached hydrogens (primary N) is 1. The molecule has 1 fully saturated rings. The smallest absolute Gasteiger partial charge is 0.287 e. The Morgan fingerprint density at radius 2 is 2.28 bits per heavy atom. The lowest BCUT2D eigenvalue weighted by Gasteiger charge is -2.31. The standard InChI is InChI=1S/C13H21N3O2/c1-10-4-9-18-12(10)13(17)15-11-2-6-16(7-3-11)8-5-14/h4,9,11H,2-3,5-8,14H2,1H3,(H,15,17).